The summed E-state index contributed by atoms with van der Waals surface area (Å²) in [5.41, 5.74) is -0.161. The highest BCUT2D eigenvalue weighted by molar-refractivity contribution is 7.89. The summed E-state index contributed by atoms with van der Waals surface area (Å²) in [6.45, 7) is 7.69. The molecule has 0 radical (unpaired) electrons. The number of piperidine rings is 1. The van der Waals surface area contributed by atoms with Gasteiger partial charge in [-0.25, -0.2) is 8.42 Å². The molecule has 9 heteroatoms. The highest BCUT2D eigenvalue weighted by Crippen LogP contribution is 2.28. The number of nitrogens with zero attached hydrogens (tertiary/aromatic N) is 2. The van der Waals surface area contributed by atoms with Crippen LogP contribution in [0.5, 0.6) is 0 Å². The number of hydrogen-bond donors (Lipinski definition) is 1. The van der Waals surface area contributed by atoms with E-state index in [1.54, 1.807) is 0 Å². The fraction of sp³-hybridized carbons (Fsp3) is 0.438. The van der Waals surface area contributed by atoms with Gasteiger partial charge in [-0.15, -0.1) is 0 Å². The summed E-state index contributed by atoms with van der Waals surface area (Å²) in [5, 5.41) is 13.5. The van der Waals surface area contributed by atoms with Crippen molar-refractivity contribution >= 4 is 21.6 Å². The molecule has 0 aromatic heterocycles. The monoisotopic (exact) mass is 367 g/mol. The molecule has 1 saturated heterocycles. The molecule has 2 atom stereocenters. The predicted molar refractivity (Wildman–Crippen MR) is 92.3 cm³/mol. The van der Waals surface area contributed by atoms with E-state index in [-0.39, 0.29) is 47.5 Å². The Morgan fingerprint density at radius 2 is 1.80 bits per heavy atom. The number of non-ortho nitro benzene ring substituents is 1. The van der Waals surface area contributed by atoms with E-state index in [4.69, 9.17) is 0 Å². The van der Waals surface area contributed by atoms with Crippen molar-refractivity contribution in [3.63, 3.8) is 0 Å². The van der Waals surface area contributed by atoms with E-state index in [0.717, 1.165) is 0 Å². The average molecular weight is 367 g/mol. The van der Waals surface area contributed by atoms with Crippen LogP contribution in [0.25, 0.3) is 0 Å². The minimum Gasteiger partial charge on any atom is -0.349 e. The lowest BCUT2D eigenvalue weighted by Crippen LogP contribution is -2.55. The van der Waals surface area contributed by atoms with Crippen LogP contribution in [0.15, 0.2) is 41.8 Å². The molecule has 1 aromatic carbocycles. The zero-order valence-corrected chi connectivity index (χ0v) is 14.9. The first kappa shape index (κ1) is 19.1. The third-order valence-corrected chi connectivity index (χ3v) is 6.23. The molecule has 1 aromatic rings. The van der Waals surface area contributed by atoms with Gasteiger partial charge in [0.2, 0.25) is 15.9 Å². The molecular formula is C16H21N3O5S. The van der Waals surface area contributed by atoms with Crippen LogP contribution in [0.4, 0.5) is 5.69 Å². The van der Waals surface area contributed by atoms with E-state index in [0.29, 0.717) is 0 Å². The van der Waals surface area contributed by atoms with E-state index >= 15 is 0 Å². The lowest BCUT2D eigenvalue weighted by atomic mass is 9.87. The van der Waals surface area contributed by atoms with E-state index in [1.165, 1.54) is 34.6 Å². The number of amides is 1. The number of nitro groups is 1. The molecule has 1 fully saturated rings. The van der Waals surface area contributed by atoms with Gasteiger partial charge in [-0.2, -0.15) is 4.31 Å². The maximum Gasteiger partial charge on any atom is 0.269 e. The number of nitrogens with one attached hydrogen (secondary N) is 1. The highest BCUT2D eigenvalue weighted by Gasteiger charge is 2.38. The van der Waals surface area contributed by atoms with Crippen LogP contribution in [0, 0.1) is 22.0 Å². The SMILES string of the molecule is C=CC(=O)NC1C(C)CN(S(=O)(=O)c2ccc([N+](=O)[O-])cc2)CC1C. The minimum absolute atomic E-state index is 0.0195. The Morgan fingerprint density at radius 1 is 1.28 bits per heavy atom. The zero-order chi connectivity index (χ0) is 18.8. The Morgan fingerprint density at radius 3 is 2.24 bits per heavy atom. The predicted octanol–water partition coefficient (Wildman–Crippen LogP) is 1.54. The summed E-state index contributed by atoms with van der Waals surface area (Å²) in [6, 6.07) is 4.70. The topological polar surface area (TPSA) is 110 Å². The molecular weight excluding hydrogens is 346 g/mol. The lowest BCUT2D eigenvalue weighted by molar-refractivity contribution is -0.384. The van der Waals surface area contributed by atoms with Gasteiger partial charge >= 0.3 is 0 Å². The largest absolute Gasteiger partial charge is 0.349 e. The molecule has 8 nitrogen and oxygen atoms in total. The van der Waals surface area contributed by atoms with Crippen molar-refractivity contribution in [3.8, 4) is 0 Å². The molecule has 1 aliphatic rings. The minimum atomic E-state index is -3.75. The second kappa shape index (κ2) is 7.32. The Kier molecular flexibility index (Phi) is 5.58. The molecule has 0 bridgehead atoms. The summed E-state index contributed by atoms with van der Waals surface area (Å²) in [7, 11) is -3.75. The van der Waals surface area contributed by atoms with Crippen molar-refractivity contribution in [3.05, 3.63) is 47.0 Å². The third-order valence-electron chi connectivity index (χ3n) is 4.39. The van der Waals surface area contributed by atoms with Crippen LogP contribution < -0.4 is 5.32 Å². The van der Waals surface area contributed by atoms with Crippen molar-refractivity contribution < 1.29 is 18.1 Å². The van der Waals surface area contributed by atoms with E-state index < -0.39 is 14.9 Å². The molecule has 136 valence electrons. The van der Waals surface area contributed by atoms with Crippen LogP contribution in [-0.2, 0) is 14.8 Å². The Labute approximate surface area is 146 Å². The summed E-state index contributed by atoms with van der Waals surface area (Å²) in [5.74, 6) is -0.448. The van der Waals surface area contributed by atoms with Crippen molar-refractivity contribution in [1.29, 1.82) is 0 Å². The number of nitro benzene ring substituents is 1. The highest BCUT2D eigenvalue weighted by atomic mass is 32.2. The van der Waals surface area contributed by atoms with Gasteiger partial charge in [0.25, 0.3) is 5.69 Å². The molecule has 0 aliphatic carbocycles. The first-order valence-electron chi connectivity index (χ1n) is 7.84. The standard InChI is InChI=1S/C16H21N3O5S/c1-4-15(20)17-16-11(2)9-18(10-12(16)3)25(23,24)14-7-5-13(6-8-14)19(21)22/h4-8,11-12,16H,1,9-10H2,2-3H3,(H,17,20). The van der Waals surface area contributed by atoms with E-state index in [9.17, 15) is 23.3 Å². The number of carbonyl (C=O) groups excluding carboxylic acids is 1. The molecule has 2 unspecified atom stereocenters. The number of carbonyl (C=O) groups is 1. The summed E-state index contributed by atoms with van der Waals surface area (Å²) < 4.78 is 27.0. The van der Waals surface area contributed by atoms with Gasteiger partial charge in [0.15, 0.2) is 0 Å². The lowest BCUT2D eigenvalue weighted by Gasteiger charge is -2.40. The van der Waals surface area contributed by atoms with Gasteiger partial charge in [-0.05, 0) is 30.0 Å². The molecule has 1 aliphatic heterocycles. The van der Waals surface area contributed by atoms with Crippen molar-refractivity contribution in [2.75, 3.05) is 13.1 Å². The molecule has 0 saturated carbocycles. The number of sulfonamides is 1. The molecule has 1 N–H and O–H groups in total. The number of hydrogen-bond acceptors (Lipinski definition) is 5. The zero-order valence-electron chi connectivity index (χ0n) is 14.1. The fourth-order valence-electron chi connectivity index (χ4n) is 3.10. The Hall–Kier alpha value is -2.26. The summed E-state index contributed by atoms with van der Waals surface area (Å²) in [4.78, 5) is 21.7. The maximum atomic E-state index is 12.8. The first-order chi connectivity index (χ1) is 11.7. The molecule has 1 heterocycles. The summed E-state index contributed by atoms with van der Waals surface area (Å²) >= 11 is 0. The van der Waals surface area contributed by atoms with E-state index in [1.807, 2.05) is 13.8 Å². The molecule has 0 spiro atoms. The second-order valence-electron chi connectivity index (χ2n) is 6.27. The van der Waals surface area contributed by atoms with Crippen LogP contribution in [0.2, 0.25) is 0 Å². The molecule has 2 rings (SSSR count). The van der Waals surface area contributed by atoms with Crippen LogP contribution >= 0.6 is 0 Å². The van der Waals surface area contributed by atoms with Crippen LogP contribution in [0.1, 0.15) is 13.8 Å². The first-order valence-corrected chi connectivity index (χ1v) is 9.28. The molecule has 1 amide bonds. The van der Waals surface area contributed by atoms with E-state index in [2.05, 4.69) is 11.9 Å². The smallest absolute Gasteiger partial charge is 0.269 e. The third kappa shape index (κ3) is 4.05. The Bertz CT molecular complexity index is 763. The van der Waals surface area contributed by atoms with Gasteiger partial charge in [0, 0.05) is 31.3 Å². The van der Waals surface area contributed by atoms with Crippen molar-refractivity contribution in [2.45, 2.75) is 24.8 Å². The van der Waals surface area contributed by atoms with Crippen LogP contribution in [0.3, 0.4) is 0 Å². The number of benzene rings is 1. The van der Waals surface area contributed by atoms with Crippen molar-refractivity contribution in [1.82, 2.24) is 9.62 Å². The van der Waals surface area contributed by atoms with Gasteiger partial charge < -0.3 is 5.32 Å². The van der Waals surface area contributed by atoms with Gasteiger partial charge in [-0.1, -0.05) is 20.4 Å². The van der Waals surface area contributed by atoms with Gasteiger partial charge in [0.05, 0.1) is 9.82 Å². The van der Waals surface area contributed by atoms with Crippen molar-refractivity contribution in [2.24, 2.45) is 11.8 Å². The second-order valence-corrected chi connectivity index (χ2v) is 8.20. The van der Waals surface area contributed by atoms with Gasteiger partial charge in [-0.3, -0.25) is 14.9 Å². The normalized spacial score (nSPS) is 24.5. The maximum absolute atomic E-state index is 12.8. The van der Waals surface area contributed by atoms with Crippen LogP contribution in [-0.4, -0.2) is 42.7 Å². The fourth-order valence-corrected chi connectivity index (χ4v) is 4.74. The average Bonchev–Trinajstić information content (AvgIpc) is 2.57. The number of rotatable bonds is 5. The Balaban J connectivity index is 2.19. The van der Waals surface area contributed by atoms with Gasteiger partial charge in [0.1, 0.15) is 0 Å². The quantitative estimate of drug-likeness (QED) is 0.482. The molecule has 25 heavy (non-hydrogen) atoms. The summed E-state index contributed by atoms with van der Waals surface area (Å²) in [6.07, 6.45) is 1.19.